The molecule has 244 valence electrons. The van der Waals surface area contributed by atoms with Crippen LogP contribution in [0.25, 0.3) is 90.1 Å². The Bertz CT molecular complexity index is 3190. The Morgan fingerprint density at radius 1 is 0.481 bits per heavy atom. The third-order valence-electron chi connectivity index (χ3n) is 11.2. The van der Waals surface area contributed by atoms with Gasteiger partial charge in [-0.2, -0.15) is 0 Å². The number of nitrogens with zero attached hydrogens (tertiary/aromatic N) is 1. The molecule has 0 N–H and O–H groups in total. The van der Waals surface area contributed by atoms with E-state index in [1.807, 2.05) is 34.4 Å². The van der Waals surface area contributed by atoms with Crippen molar-refractivity contribution in [1.29, 1.82) is 0 Å². The van der Waals surface area contributed by atoms with Gasteiger partial charge < -0.3 is 4.57 Å². The second-order valence-corrected chi connectivity index (χ2v) is 17.3. The van der Waals surface area contributed by atoms with Crippen molar-refractivity contribution in [3.8, 4) is 22.3 Å². The van der Waals surface area contributed by atoms with Crippen LogP contribution in [0.15, 0.2) is 169 Å². The first-order valence-electron chi connectivity index (χ1n) is 17.8. The molecule has 0 fully saturated rings. The molecule has 2 aliphatic rings. The molecule has 3 aromatic heterocycles. The lowest BCUT2D eigenvalue weighted by Gasteiger charge is -2.26. The first-order valence-corrected chi connectivity index (χ1v) is 20.3. The molecule has 4 heteroatoms. The Hall–Kier alpha value is -5.39. The Morgan fingerprint density at radius 2 is 1.13 bits per heavy atom. The zero-order valence-corrected chi connectivity index (χ0v) is 30.4. The zero-order chi connectivity index (χ0) is 33.9. The van der Waals surface area contributed by atoms with Crippen LogP contribution < -0.4 is 0 Å². The summed E-state index contributed by atoms with van der Waals surface area (Å²) in [7, 11) is 0. The highest BCUT2D eigenvalue weighted by Crippen LogP contribution is 2.56. The quantitative estimate of drug-likeness (QED) is 0.176. The van der Waals surface area contributed by atoms with E-state index in [1.54, 1.807) is 0 Å². The largest absolute Gasteiger partial charge is 0.312 e. The maximum atomic E-state index is 2.55. The summed E-state index contributed by atoms with van der Waals surface area (Å²) in [5, 5.41) is 8.28. The van der Waals surface area contributed by atoms with E-state index in [4.69, 9.17) is 0 Å². The average molecular weight is 716 g/mol. The van der Waals surface area contributed by atoms with Gasteiger partial charge >= 0.3 is 0 Å². The number of allylic oxidation sites excluding steroid dienone is 3. The summed E-state index contributed by atoms with van der Waals surface area (Å²) in [6.07, 6.45) is 7.11. The topological polar surface area (TPSA) is 4.93 Å². The van der Waals surface area contributed by atoms with Crippen LogP contribution in [0, 0.1) is 0 Å². The lowest BCUT2D eigenvalue weighted by molar-refractivity contribution is 0.865. The predicted molar refractivity (Wildman–Crippen MR) is 228 cm³/mol. The maximum absolute atomic E-state index is 2.55. The van der Waals surface area contributed by atoms with Gasteiger partial charge in [0, 0.05) is 67.6 Å². The van der Waals surface area contributed by atoms with Crippen molar-refractivity contribution in [2.45, 2.75) is 16.1 Å². The van der Waals surface area contributed by atoms with Crippen LogP contribution in [0.5, 0.6) is 0 Å². The van der Waals surface area contributed by atoms with Crippen molar-refractivity contribution < 1.29 is 0 Å². The van der Waals surface area contributed by atoms with E-state index in [0.29, 0.717) is 0 Å². The number of hydrogen-bond acceptors (Lipinski definition) is 3. The van der Waals surface area contributed by atoms with E-state index in [0.717, 1.165) is 0 Å². The molecule has 0 bridgehead atoms. The highest BCUT2D eigenvalue weighted by atomic mass is 32.2. The van der Waals surface area contributed by atoms with E-state index >= 15 is 0 Å². The van der Waals surface area contributed by atoms with Gasteiger partial charge in [0.25, 0.3) is 0 Å². The fraction of sp³-hybridized carbons (Fsp3) is 0.0417. The fourth-order valence-corrected chi connectivity index (χ4v) is 12.6. The van der Waals surface area contributed by atoms with Gasteiger partial charge in [-0.25, -0.2) is 0 Å². The molecule has 0 amide bonds. The molecule has 52 heavy (non-hydrogen) atoms. The molecule has 1 aliphatic heterocycles. The summed E-state index contributed by atoms with van der Waals surface area (Å²) in [6, 6.07) is 54.5. The van der Waals surface area contributed by atoms with E-state index in [-0.39, 0.29) is 11.2 Å². The van der Waals surface area contributed by atoms with Crippen LogP contribution in [0.3, 0.4) is 0 Å². The minimum atomic E-state index is 0.271. The number of thioether (sulfide) groups is 1. The Balaban J connectivity index is 0.997. The van der Waals surface area contributed by atoms with Crippen LogP contribution in [0.2, 0.25) is 0 Å². The number of benzene rings is 7. The number of aromatic nitrogens is 1. The van der Waals surface area contributed by atoms with Crippen molar-refractivity contribution >= 4 is 102 Å². The molecule has 2 unspecified atom stereocenters. The van der Waals surface area contributed by atoms with Crippen LogP contribution in [-0.2, 0) is 0 Å². The van der Waals surface area contributed by atoms with Gasteiger partial charge in [0.05, 0.1) is 16.3 Å². The molecule has 0 spiro atoms. The van der Waals surface area contributed by atoms with Gasteiger partial charge in [0.1, 0.15) is 0 Å². The molecule has 4 heterocycles. The minimum absolute atomic E-state index is 0.271. The van der Waals surface area contributed by atoms with Crippen LogP contribution in [-0.4, -0.2) is 9.82 Å². The third-order valence-corrected chi connectivity index (χ3v) is 14.9. The van der Waals surface area contributed by atoms with Crippen molar-refractivity contribution in [3.05, 3.63) is 169 Å². The standard InChI is InChI=1S/C48H29NS3/c1-4-16-38-30(10-1)36-26-28(29-23-25-43-37(27-29)31-11-2-5-18-41(31)50-43)22-24-39(36)49(38)40-17-7-15-35-47-33(14-9-21-45(47)52-48(35)40)32-13-8-20-44-46(32)34-12-3-6-19-42(34)51-44/h1-27,35,48H. The number of rotatable bonds is 3. The highest BCUT2D eigenvalue weighted by molar-refractivity contribution is 8.00. The van der Waals surface area contributed by atoms with E-state index in [1.165, 1.54) is 101 Å². The number of fused-ring (bicyclic) bond motifs is 12. The summed E-state index contributed by atoms with van der Waals surface area (Å²) in [4.78, 5) is 1.39. The Labute approximate surface area is 312 Å². The predicted octanol–water partition coefficient (Wildman–Crippen LogP) is 14.5. The molecule has 0 saturated heterocycles. The Morgan fingerprint density at radius 3 is 2.04 bits per heavy atom. The zero-order valence-electron chi connectivity index (χ0n) is 27.9. The molecule has 1 aliphatic carbocycles. The second-order valence-electron chi connectivity index (χ2n) is 13.9. The second kappa shape index (κ2) is 11.1. The molecular weight excluding hydrogens is 687 g/mol. The summed E-state index contributed by atoms with van der Waals surface area (Å²) < 4.78 is 7.94. The first kappa shape index (κ1) is 29.2. The summed E-state index contributed by atoms with van der Waals surface area (Å²) in [5.41, 5.74) is 10.6. The molecule has 0 saturated carbocycles. The van der Waals surface area contributed by atoms with Gasteiger partial charge in [-0.1, -0.05) is 103 Å². The molecule has 1 nitrogen and oxygen atoms in total. The first-order chi connectivity index (χ1) is 25.8. The van der Waals surface area contributed by atoms with Gasteiger partial charge in [0.15, 0.2) is 0 Å². The smallest absolute Gasteiger partial charge is 0.0605 e. The monoisotopic (exact) mass is 715 g/mol. The molecule has 0 radical (unpaired) electrons. The lowest BCUT2D eigenvalue weighted by Crippen LogP contribution is -2.18. The molecule has 12 rings (SSSR count). The average Bonchev–Trinajstić information content (AvgIpc) is 3.96. The van der Waals surface area contributed by atoms with Crippen molar-refractivity contribution in [3.63, 3.8) is 0 Å². The van der Waals surface area contributed by atoms with Crippen molar-refractivity contribution in [2.75, 3.05) is 0 Å². The normalized spacial score (nSPS) is 16.8. The summed E-state index contributed by atoms with van der Waals surface area (Å²) >= 11 is 5.80. The van der Waals surface area contributed by atoms with Crippen molar-refractivity contribution in [2.24, 2.45) is 0 Å². The van der Waals surface area contributed by atoms with Crippen LogP contribution in [0.4, 0.5) is 0 Å². The van der Waals surface area contributed by atoms with Gasteiger partial charge in [0.2, 0.25) is 0 Å². The van der Waals surface area contributed by atoms with Crippen molar-refractivity contribution in [1.82, 2.24) is 4.57 Å². The van der Waals surface area contributed by atoms with Crippen LogP contribution in [0.1, 0.15) is 11.5 Å². The minimum Gasteiger partial charge on any atom is -0.312 e. The number of para-hydroxylation sites is 1. The molecule has 2 atom stereocenters. The number of thiophene rings is 2. The highest BCUT2D eigenvalue weighted by Gasteiger charge is 2.39. The van der Waals surface area contributed by atoms with E-state index in [2.05, 4.69) is 168 Å². The van der Waals surface area contributed by atoms with E-state index < -0.39 is 0 Å². The fourth-order valence-electron chi connectivity index (χ4n) is 8.93. The van der Waals surface area contributed by atoms with Gasteiger partial charge in [-0.15, -0.1) is 34.4 Å². The molecule has 7 aromatic carbocycles. The van der Waals surface area contributed by atoms with E-state index in [9.17, 15) is 0 Å². The lowest BCUT2D eigenvalue weighted by atomic mass is 9.84. The number of hydrogen-bond donors (Lipinski definition) is 0. The third kappa shape index (κ3) is 4.11. The van der Waals surface area contributed by atoms with Crippen LogP contribution >= 0.6 is 34.4 Å². The SMILES string of the molecule is C1=CC2c3c(cccc3-c3cccc4sc5ccccc5c34)SC2C(n2c3ccccc3c3cc(-c4ccc5sc6ccccc6c5c4)ccc32)=C1. The van der Waals surface area contributed by atoms with Gasteiger partial charge in [-0.3, -0.25) is 0 Å². The molecular formula is C48H29NS3. The van der Waals surface area contributed by atoms with Gasteiger partial charge in [-0.05, 0) is 88.5 Å². The summed E-state index contributed by atoms with van der Waals surface area (Å²) in [5.74, 6) is 0.277. The molecule has 10 aromatic rings. The maximum Gasteiger partial charge on any atom is 0.0605 e. The summed E-state index contributed by atoms with van der Waals surface area (Å²) in [6.45, 7) is 0. The Kier molecular flexibility index (Phi) is 6.21.